The zero-order valence-corrected chi connectivity index (χ0v) is 11.8. The van der Waals surface area contributed by atoms with Crippen LogP contribution in [0.2, 0.25) is 0 Å². The highest BCUT2D eigenvalue weighted by molar-refractivity contribution is 5.36. The predicted molar refractivity (Wildman–Crippen MR) is 73.0 cm³/mol. The van der Waals surface area contributed by atoms with Gasteiger partial charge in [-0.3, -0.25) is 4.98 Å². The maximum atomic E-state index is 5.38. The predicted octanol–water partition coefficient (Wildman–Crippen LogP) is 2.39. The summed E-state index contributed by atoms with van der Waals surface area (Å²) in [4.78, 5) is 11.4. The lowest BCUT2D eigenvalue weighted by atomic mass is 9.93. The van der Waals surface area contributed by atoms with Crippen molar-refractivity contribution in [1.29, 1.82) is 0 Å². The van der Waals surface area contributed by atoms with Gasteiger partial charge in [-0.2, -0.15) is 0 Å². The Bertz CT molecular complexity index is 375. The summed E-state index contributed by atoms with van der Waals surface area (Å²) in [6.07, 6.45) is 6.34. The van der Waals surface area contributed by atoms with Crippen molar-refractivity contribution in [3.63, 3.8) is 0 Å². The molecular formula is C14H23N3O. The Morgan fingerprint density at radius 2 is 1.83 bits per heavy atom. The Labute approximate surface area is 109 Å². The monoisotopic (exact) mass is 249 g/mol. The number of piperidine rings is 1. The summed E-state index contributed by atoms with van der Waals surface area (Å²) >= 11 is 0. The van der Waals surface area contributed by atoms with Crippen LogP contribution in [0.4, 0.5) is 5.82 Å². The van der Waals surface area contributed by atoms with Gasteiger partial charge >= 0.3 is 0 Å². The standard InChI is InChI=1S/C14H23N3O/c1-14(2,3)12-9-16-13(10-15-12)17-7-5-11(18-4)6-8-17/h9-11H,5-8H2,1-4H3. The van der Waals surface area contributed by atoms with Crippen LogP contribution in [0.25, 0.3) is 0 Å². The molecule has 0 aromatic carbocycles. The van der Waals surface area contributed by atoms with Crippen LogP contribution in [0.5, 0.6) is 0 Å². The number of methoxy groups -OCH3 is 1. The topological polar surface area (TPSA) is 38.2 Å². The molecule has 18 heavy (non-hydrogen) atoms. The zero-order valence-electron chi connectivity index (χ0n) is 11.8. The minimum absolute atomic E-state index is 0.0641. The summed E-state index contributed by atoms with van der Waals surface area (Å²) < 4.78 is 5.38. The van der Waals surface area contributed by atoms with Crippen LogP contribution < -0.4 is 4.90 Å². The number of anilines is 1. The summed E-state index contributed by atoms with van der Waals surface area (Å²) in [6.45, 7) is 8.46. The molecule has 4 nitrogen and oxygen atoms in total. The Kier molecular flexibility index (Phi) is 3.85. The molecular weight excluding hydrogens is 226 g/mol. The van der Waals surface area contributed by atoms with Crippen LogP contribution in [0.1, 0.15) is 39.3 Å². The lowest BCUT2D eigenvalue weighted by Gasteiger charge is -2.32. The fourth-order valence-electron chi connectivity index (χ4n) is 2.19. The minimum Gasteiger partial charge on any atom is -0.381 e. The fourth-order valence-corrected chi connectivity index (χ4v) is 2.19. The molecule has 1 aromatic rings. The van der Waals surface area contributed by atoms with E-state index in [1.807, 2.05) is 12.4 Å². The molecule has 0 atom stereocenters. The summed E-state index contributed by atoms with van der Waals surface area (Å²) in [5, 5.41) is 0. The molecule has 1 aromatic heterocycles. The van der Waals surface area contributed by atoms with E-state index in [0.29, 0.717) is 6.10 Å². The van der Waals surface area contributed by atoms with Crippen LogP contribution in [0, 0.1) is 0 Å². The zero-order chi connectivity index (χ0) is 13.2. The molecule has 2 heterocycles. The third-order valence-corrected chi connectivity index (χ3v) is 3.51. The van der Waals surface area contributed by atoms with Crippen LogP contribution in [0.3, 0.4) is 0 Å². The molecule has 0 spiro atoms. The van der Waals surface area contributed by atoms with Gasteiger partial charge in [-0.1, -0.05) is 20.8 Å². The van der Waals surface area contributed by atoms with Crippen LogP contribution in [-0.2, 0) is 10.2 Å². The Balaban J connectivity index is 2.02. The molecule has 1 fully saturated rings. The number of hydrogen-bond donors (Lipinski definition) is 0. The Morgan fingerprint density at radius 3 is 2.28 bits per heavy atom. The summed E-state index contributed by atoms with van der Waals surface area (Å²) in [5.74, 6) is 0.984. The van der Waals surface area contributed by atoms with Gasteiger partial charge < -0.3 is 9.64 Å². The highest BCUT2D eigenvalue weighted by atomic mass is 16.5. The lowest BCUT2D eigenvalue weighted by Crippen LogP contribution is -2.37. The van der Waals surface area contributed by atoms with Gasteiger partial charge in [-0.15, -0.1) is 0 Å². The molecule has 0 amide bonds. The second-order valence-corrected chi connectivity index (χ2v) is 5.93. The molecule has 4 heteroatoms. The number of nitrogens with zero attached hydrogens (tertiary/aromatic N) is 3. The third-order valence-electron chi connectivity index (χ3n) is 3.51. The first-order valence-electron chi connectivity index (χ1n) is 6.61. The molecule has 0 aliphatic carbocycles. The molecule has 100 valence electrons. The van der Waals surface area contributed by atoms with E-state index in [0.717, 1.165) is 37.4 Å². The first kappa shape index (κ1) is 13.3. The van der Waals surface area contributed by atoms with Crippen molar-refractivity contribution in [2.75, 3.05) is 25.1 Å². The van der Waals surface area contributed by atoms with Gasteiger partial charge in [0.05, 0.1) is 24.2 Å². The van der Waals surface area contributed by atoms with E-state index >= 15 is 0 Å². The normalized spacial score (nSPS) is 18.1. The quantitative estimate of drug-likeness (QED) is 0.806. The van der Waals surface area contributed by atoms with E-state index in [1.54, 1.807) is 7.11 Å². The Morgan fingerprint density at radius 1 is 1.17 bits per heavy atom. The molecule has 0 N–H and O–H groups in total. The van der Waals surface area contributed by atoms with Gasteiger partial charge in [0.1, 0.15) is 5.82 Å². The van der Waals surface area contributed by atoms with Crippen molar-refractivity contribution in [2.24, 2.45) is 0 Å². The molecule has 1 aliphatic rings. The molecule has 1 saturated heterocycles. The molecule has 2 rings (SSSR count). The van der Waals surface area contributed by atoms with E-state index in [9.17, 15) is 0 Å². The van der Waals surface area contributed by atoms with Crippen molar-refractivity contribution < 1.29 is 4.74 Å². The van der Waals surface area contributed by atoms with Crippen molar-refractivity contribution in [3.8, 4) is 0 Å². The highest BCUT2D eigenvalue weighted by Crippen LogP contribution is 2.22. The third kappa shape index (κ3) is 2.99. The molecule has 0 radical (unpaired) electrons. The van der Waals surface area contributed by atoms with Gasteiger partial charge in [0.2, 0.25) is 0 Å². The van der Waals surface area contributed by atoms with Gasteiger partial charge in [-0.25, -0.2) is 4.98 Å². The maximum Gasteiger partial charge on any atom is 0.147 e. The van der Waals surface area contributed by atoms with E-state index in [-0.39, 0.29) is 5.41 Å². The summed E-state index contributed by atoms with van der Waals surface area (Å²) in [5.41, 5.74) is 1.10. The average molecular weight is 249 g/mol. The van der Waals surface area contributed by atoms with Gasteiger partial charge in [0.15, 0.2) is 0 Å². The maximum absolute atomic E-state index is 5.38. The van der Waals surface area contributed by atoms with E-state index in [2.05, 4.69) is 35.6 Å². The van der Waals surface area contributed by atoms with Crippen LogP contribution in [-0.4, -0.2) is 36.3 Å². The van der Waals surface area contributed by atoms with Crippen LogP contribution >= 0.6 is 0 Å². The van der Waals surface area contributed by atoms with Crippen molar-refractivity contribution in [1.82, 2.24) is 9.97 Å². The largest absolute Gasteiger partial charge is 0.381 e. The Hall–Kier alpha value is -1.16. The molecule has 0 bridgehead atoms. The number of aromatic nitrogens is 2. The summed E-state index contributed by atoms with van der Waals surface area (Å²) in [7, 11) is 1.79. The van der Waals surface area contributed by atoms with Crippen molar-refractivity contribution in [3.05, 3.63) is 18.1 Å². The smallest absolute Gasteiger partial charge is 0.147 e. The highest BCUT2D eigenvalue weighted by Gasteiger charge is 2.21. The number of hydrogen-bond acceptors (Lipinski definition) is 4. The number of rotatable bonds is 2. The number of ether oxygens (including phenoxy) is 1. The van der Waals surface area contributed by atoms with Crippen molar-refractivity contribution in [2.45, 2.75) is 45.1 Å². The molecule has 0 unspecified atom stereocenters. The van der Waals surface area contributed by atoms with Crippen molar-refractivity contribution >= 4 is 5.82 Å². The van der Waals surface area contributed by atoms with Gasteiger partial charge in [-0.05, 0) is 12.8 Å². The first-order valence-corrected chi connectivity index (χ1v) is 6.61. The SMILES string of the molecule is COC1CCN(c2cnc(C(C)(C)C)cn2)CC1. The fraction of sp³-hybridized carbons (Fsp3) is 0.714. The molecule has 0 saturated carbocycles. The van der Waals surface area contributed by atoms with Gasteiger partial charge in [0.25, 0.3) is 0 Å². The van der Waals surface area contributed by atoms with E-state index in [4.69, 9.17) is 4.74 Å². The lowest BCUT2D eigenvalue weighted by molar-refractivity contribution is 0.0818. The second kappa shape index (κ2) is 5.22. The van der Waals surface area contributed by atoms with E-state index in [1.165, 1.54) is 0 Å². The van der Waals surface area contributed by atoms with Gasteiger partial charge in [0, 0.05) is 25.6 Å². The second-order valence-electron chi connectivity index (χ2n) is 5.93. The van der Waals surface area contributed by atoms with Crippen LogP contribution in [0.15, 0.2) is 12.4 Å². The average Bonchev–Trinajstić information content (AvgIpc) is 2.38. The minimum atomic E-state index is 0.0641. The first-order chi connectivity index (χ1) is 8.50. The summed E-state index contributed by atoms with van der Waals surface area (Å²) in [6, 6.07) is 0. The molecule has 1 aliphatic heterocycles. The van der Waals surface area contributed by atoms with E-state index < -0.39 is 0 Å².